The Morgan fingerprint density at radius 3 is 2.76 bits per heavy atom. The molecule has 3 N–H and O–H groups in total. The summed E-state index contributed by atoms with van der Waals surface area (Å²) in [6, 6.07) is 3.46. The first-order chi connectivity index (χ1) is 9.10. The molecule has 1 amide bonds. The van der Waals surface area contributed by atoms with E-state index in [1.165, 1.54) is 0 Å². The highest BCUT2D eigenvalue weighted by atomic mass is 35.5. The van der Waals surface area contributed by atoms with Crippen LogP contribution in [0.4, 0.5) is 0 Å². The van der Waals surface area contributed by atoms with E-state index >= 15 is 0 Å². The van der Waals surface area contributed by atoms with E-state index in [4.69, 9.17) is 14.6 Å². The first-order valence-electron chi connectivity index (χ1n) is 6.09. The summed E-state index contributed by atoms with van der Waals surface area (Å²) < 4.78 is 10.7. The molecule has 0 unspecified atom stereocenters. The van der Waals surface area contributed by atoms with E-state index in [9.17, 15) is 4.79 Å². The third-order valence-electron chi connectivity index (χ3n) is 2.71. The zero-order valence-corrected chi connectivity index (χ0v) is 13.4. The Hall–Kier alpha value is -1.50. The Balaban J connectivity index is 0.00000200. The molecule has 1 atom stereocenters. The number of nitrogens with one attached hydrogen (secondary N) is 1. The van der Waals surface area contributed by atoms with Crippen molar-refractivity contribution in [2.24, 2.45) is 5.73 Å². The lowest BCUT2D eigenvalue weighted by molar-refractivity contribution is -0.121. The number of rotatable bonds is 5. The molecule has 2 heterocycles. The quantitative estimate of drug-likeness (QED) is 0.872. The number of furan rings is 1. The molecule has 0 saturated heterocycles. The summed E-state index contributed by atoms with van der Waals surface area (Å²) in [5.74, 6) is 1.42. The van der Waals surface area contributed by atoms with Gasteiger partial charge in [0.2, 0.25) is 5.91 Å². The lowest BCUT2D eigenvalue weighted by Gasteiger charge is -2.10. The van der Waals surface area contributed by atoms with Gasteiger partial charge >= 0.3 is 0 Å². The van der Waals surface area contributed by atoms with Gasteiger partial charge in [-0.1, -0.05) is 0 Å². The lowest BCUT2D eigenvalue weighted by Crippen LogP contribution is -2.38. The van der Waals surface area contributed by atoms with Gasteiger partial charge in [-0.05, 0) is 26.0 Å². The van der Waals surface area contributed by atoms with Crippen molar-refractivity contribution in [3.05, 3.63) is 29.9 Å². The number of aromatic nitrogens is 1. The van der Waals surface area contributed by atoms with Gasteiger partial charge in [-0.2, -0.15) is 0 Å². The molecule has 2 aromatic heterocycles. The van der Waals surface area contributed by atoms with E-state index in [0.29, 0.717) is 29.6 Å². The van der Waals surface area contributed by atoms with Gasteiger partial charge in [0.25, 0.3) is 5.89 Å². The molecule has 118 valence electrons. The minimum Gasteiger partial charge on any atom is -0.459 e. The standard InChI is InChI=1S/C13H17N3O3.2ClH/c1-8(7-14)15-12(17)6-10-9(2)19-13(16-10)11-4-3-5-18-11;;/h3-5,8H,6-7,14H2,1-2H3,(H,15,17);2*1H/t8-;;/m0../s1. The van der Waals surface area contributed by atoms with Crippen LogP contribution in [0.15, 0.2) is 27.2 Å². The smallest absolute Gasteiger partial charge is 0.263 e. The minimum atomic E-state index is -0.125. The molecule has 0 aromatic carbocycles. The number of hydrogen-bond donors (Lipinski definition) is 2. The summed E-state index contributed by atoms with van der Waals surface area (Å²) in [5.41, 5.74) is 6.06. The van der Waals surface area contributed by atoms with Crippen molar-refractivity contribution in [3.63, 3.8) is 0 Å². The number of hydrogen-bond acceptors (Lipinski definition) is 5. The zero-order chi connectivity index (χ0) is 13.8. The number of carbonyl (C=O) groups is 1. The summed E-state index contributed by atoms with van der Waals surface area (Å²) in [4.78, 5) is 16.0. The number of aryl methyl sites for hydroxylation is 1. The molecule has 0 bridgehead atoms. The van der Waals surface area contributed by atoms with Crippen molar-refractivity contribution in [2.75, 3.05) is 6.54 Å². The van der Waals surface area contributed by atoms with Gasteiger partial charge in [-0.15, -0.1) is 24.8 Å². The topological polar surface area (TPSA) is 94.3 Å². The third kappa shape index (κ3) is 5.08. The maximum absolute atomic E-state index is 11.8. The predicted molar refractivity (Wildman–Crippen MR) is 83.8 cm³/mol. The number of halogens is 2. The highest BCUT2D eigenvalue weighted by molar-refractivity contribution is 5.85. The van der Waals surface area contributed by atoms with Crippen molar-refractivity contribution < 1.29 is 13.6 Å². The van der Waals surface area contributed by atoms with E-state index in [2.05, 4.69) is 10.3 Å². The van der Waals surface area contributed by atoms with Crippen molar-refractivity contribution >= 4 is 30.7 Å². The first kappa shape index (κ1) is 19.5. The lowest BCUT2D eigenvalue weighted by atomic mass is 10.2. The highest BCUT2D eigenvalue weighted by Gasteiger charge is 2.16. The predicted octanol–water partition coefficient (Wildman–Crippen LogP) is 2.09. The van der Waals surface area contributed by atoms with Crippen LogP contribution in [-0.4, -0.2) is 23.5 Å². The fourth-order valence-corrected chi connectivity index (χ4v) is 1.63. The second-order valence-electron chi connectivity index (χ2n) is 4.38. The molecule has 0 fully saturated rings. The van der Waals surface area contributed by atoms with Crippen LogP contribution in [0.25, 0.3) is 11.7 Å². The molecule has 21 heavy (non-hydrogen) atoms. The summed E-state index contributed by atoms with van der Waals surface area (Å²) in [6.45, 7) is 4.03. The number of carbonyl (C=O) groups excluding carboxylic acids is 1. The Morgan fingerprint density at radius 2 is 2.19 bits per heavy atom. The maximum Gasteiger partial charge on any atom is 0.263 e. The Labute approximate surface area is 135 Å². The number of oxazole rings is 1. The molecule has 0 saturated carbocycles. The Morgan fingerprint density at radius 1 is 1.48 bits per heavy atom. The van der Waals surface area contributed by atoms with Crippen molar-refractivity contribution in [3.8, 4) is 11.7 Å². The van der Waals surface area contributed by atoms with Crippen LogP contribution in [0.2, 0.25) is 0 Å². The van der Waals surface area contributed by atoms with E-state index < -0.39 is 0 Å². The van der Waals surface area contributed by atoms with Gasteiger partial charge in [0.05, 0.1) is 18.4 Å². The number of nitrogens with zero attached hydrogens (tertiary/aromatic N) is 1. The van der Waals surface area contributed by atoms with Crippen LogP contribution in [0, 0.1) is 6.92 Å². The fraction of sp³-hybridized carbons (Fsp3) is 0.385. The van der Waals surface area contributed by atoms with Gasteiger partial charge < -0.3 is 19.9 Å². The summed E-state index contributed by atoms with van der Waals surface area (Å²) in [5, 5.41) is 2.78. The minimum absolute atomic E-state index is 0. The van der Waals surface area contributed by atoms with Crippen molar-refractivity contribution in [2.45, 2.75) is 26.3 Å². The second kappa shape index (κ2) is 8.71. The van der Waals surface area contributed by atoms with E-state index in [1.54, 1.807) is 25.3 Å². The number of amides is 1. The maximum atomic E-state index is 11.8. The molecule has 8 heteroatoms. The van der Waals surface area contributed by atoms with E-state index in [-0.39, 0.29) is 43.2 Å². The van der Waals surface area contributed by atoms with Crippen molar-refractivity contribution in [1.82, 2.24) is 10.3 Å². The summed E-state index contributed by atoms with van der Waals surface area (Å²) in [6.07, 6.45) is 1.71. The molecule has 6 nitrogen and oxygen atoms in total. The SMILES string of the molecule is Cc1oc(-c2ccco2)nc1CC(=O)N[C@@H](C)CN.Cl.Cl. The van der Waals surface area contributed by atoms with Gasteiger partial charge in [0, 0.05) is 12.6 Å². The molecule has 0 radical (unpaired) electrons. The van der Waals surface area contributed by atoms with Crippen LogP contribution < -0.4 is 11.1 Å². The van der Waals surface area contributed by atoms with Crippen LogP contribution in [0.1, 0.15) is 18.4 Å². The second-order valence-corrected chi connectivity index (χ2v) is 4.38. The highest BCUT2D eigenvalue weighted by Crippen LogP contribution is 2.22. The molecule has 0 spiro atoms. The van der Waals surface area contributed by atoms with Crippen LogP contribution >= 0.6 is 24.8 Å². The molecule has 0 aliphatic carbocycles. The third-order valence-corrected chi connectivity index (χ3v) is 2.71. The molecular weight excluding hydrogens is 317 g/mol. The van der Waals surface area contributed by atoms with E-state index in [0.717, 1.165) is 0 Å². The van der Waals surface area contributed by atoms with E-state index in [1.807, 2.05) is 6.92 Å². The number of nitrogens with two attached hydrogens (primary N) is 1. The molecule has 0 aliphatic rings. The first-order valence-corrected chi connectivity index (χ1v) is 6.09. The van der Waals surface area contributed by atoms with Crippen LogP contribution in [-0.2, 0) is 11.2 Å². The average molecular weight is 336 g/mol. The van der Waals surface area contributed by atoms with Gasteiger partial charge in [-0.25, -0.2) is 4.98 Å². The fourth-order valence-electron chi connectivity index (χ4n) is 1.63. The zero-order valence-electron chi connectivity index (χ0n) is 11.8. The average Bonchev–Trinajstić information content (AvgIpc) is 2.99. The van der Waals surface area contributed by atoms with Gasteiger partial charge in [0.15, 0.2) is 5.76 Å². The molecule has 2 rings (SSSR count). The summed E-state index contributed by atoms with van der Waals surface area (Å²) >= 11 is 0. The van der Waals surface area contributed by atoms with Gasteiger partial charge in [-0.3, -0.25) is 4.79 Å². The molecule has 0 aliphatic heterocycles. The van der Waals surface area contributed by atoms with Crippen LogP contribution in [0.3, 0.4) is 0 Å². The monoisotopic (exact) mass is 335 g/mol. The molecular formula is C13H19Cl2N3O3. The largest absolute Gasteiger partial charge is 0.459 e. The Kier molecular flexibility index (Phi) is 8.09. The Bertz CT molecular complexity index is 555. The molecule has 2 aromatic rings. The summed E-state index contributed by atoms with van der Waals surface area (Å²) in [7, 11) is 0. The normalized spacial score (nSPS) is 11.2. The van der Waals surface area contributed by atoms with Crippen LogP contribution in [0.5, 0.6) is 0 Å². The van der Waals surface area contributed by atoms with Gasteiger partial charge in [0.1, 0.15) is 5.76 Å². The van der Waals surface area contributed by atoms with Crippen molar-refractivity contribution in [1.29, 1.82) is 0 Å².